The molecule has 0 aromatic rings. The molecule has 0 aromatic carbocycles. The fourth-order valence-corrected chi connectivity index (χ4v) is 0.702. The highest BCUT2D eigenvalue weighted by molar-refractivity contribution is 7.45. The van der Waals surface area contributed by atoms with Gasteiger partial charge < -0.3 is 40.2 Å². The van der Waals surface area contributed by atoms with E-state index < -0.39 is 21.4 Å². The fraction of sp³-hybridized carbons (Fsp3) is 1.00. The van der Waals surface area contributed by atoms with Crippen molar-refractivity contribution >= 4 is 15.6 Å². The van der Waals surface area contributed by atoms with E-state index in [1.54, 1.807) is 0 Å². The van der Waals surface area contributed by atoms with Crippen molar-refractivity contribution in [3.05, 3.63) is 0 Å². The van der Waals surface area contributed by atoms with Gasteiger partial charge >= 0.3 is 15.6 Å². The Morgan fingerprint density at radius 3 is 1.26 bits per heavy atom. The van der Waals surface area contributed by atoms with Gasteiger partial charge in [0.1, 0.15) is 5.72 Å². The van der Waals surface area contributed by atoms with E-state index in [4.69, 9.17) is 44.2 Å². The van der Waals surface area contributed by atoms with Crippen LogP contribution in [0.15, 0.2) is 0 Å². The first kappa shape index (κ1) is 24.2. The number of nitrogens with two attached hydrogens (primary N) is 1. The molecule has 0 aliphatic rings. The molecule has 19 heavy (non-hydrogen) atoms. The van der Waals surface area contributed by atoms with E-state index in [2.05, 4.69) is 0 Å². The molecule has 0 aliphatic heterocycles. The quantitative estimate of drug-likeness (QED) is 0.240. The van der Waals surface area contributed by atoms with Crippen LogP contribution < -0.4 is 5.73 Å². The lowest BCUT2D eigenvalue weighted by Crippen LogP contribution is -2.44. The molecule has 0 aromatic heterocycles. The number of hydrogen-bond acceptors (Lipinski definition) is 4. The van der Waals surface area contributed by atoms with Gasteiger partial charge in [0.05, 0.1) is 0 Å². The molecule has 0 rings (SSSR count). The molecule has 9 N–H and O–H groups in total. The molecule has 0 heterocycles. The van der Waals surface area contributed by atoms with E-state index >= 15 is 0 Å². The van der Waals surface area contributed by atoms with Gasteiger partial charge in [0.25, 0.3) is 0 Å². The second kappa shape index (κ2) is 9.95. The standard InChI is InChI=1S/C7H17NO.2H3O4P/c1-4-6(3)7(8,9)5-2;2*1-5(2,3)4/h6,9H,4-5,8H2,1-3H3;2*(H3,1,2,3,4). The van der Waals surface area contributed by atoms with Gasteiger partial charge in [0, 0.05) is 0 Å². The normalized spacial score (nSPS) is 16.2. The van der Waals surface area contributed by atoms with Crippen LogP contribution >= 0.6 is 15.6 Å². The first-order valence-electron chi connectivity index (χ1n) is 5.12. The van der Waals surface area contributed by atoms with Crippen LogP contribution in [0.2, 0.25) is 0 Å². The maximum atomic E-state index is 9.37. The molecule has 0 amide bonds. The molecule has 2 unspecified atom stereocenters. The van der Waals surface area contributed by atoms with Gasteiger partial charge in [-0.15, -0.1) is 0 Å². The van der Waals surface area contributed by atoms with Crippen molar-refractivity contribution in [1.29, 1.82) is 0 Å². The van der Waals surface area contributed by atoms with E-state index in [0.29, 0.717) is 6.42 Å². The largest absolute Gasteiger partial charge is 0.466 e. The predicted octanol–water partition coefficient (Wildman–Crippen LogP) is -0.767. The minimum Gasteiger partial charge on any atom is -0.376 e. The molecule has 0 saturated carbocycles. The van der Waals surface area contributed by atoms with E-state index in [9.17, 15) is 5.11 Å². The van der Waals surface area contributed by atoms with Gasteiger partial charge in [-0.25, -0.2) is 9.13 Å². The minimum absolute atomic E-state index is 0.197. The minimum atomic E-state index is -4.64. The lowest BCUT2D eigenvalue weighted by atomic mass is 9.94. The zero-order valence-electron chi connectivity index (χ0n) is 10.9. The summed E-state index contributed by atoms with van der Waals surface area (Å²) >= 11 is 0. The van der Waals surface area contributed by atoms with Gasteiger partial charge in [-0.2, -0.15) is 0 Å². The molecule has 0 aliphatic carbocycles. The Morgan fingerprint density at radius 1 is 1.00 bits per heavy atom. The van der Waals surface area contributed by atoms with Crippen LogP contribution in [0.25, 0.3) is 0 Å². The van der Waals surface area contributed by atoms with Gasteiger partial charge in [-0.05, 0) is 18.8 Å². The van der Waals surface area contributed by atoms with Crippen LogP contribution in [0.5, 0.6) is 0 Å². The molecule has 0 radical (unpaired) electrons. The van der Waals surface area contributed by atoms with Crippen LogP contribution in [0.4, 0.5) is 0 Å². The molecular weight excluding hydrogens is 304 g/mol. The Kier molecular flexibility index (Phi) is 12.7. The van der Waals surface area contributed by atoms with Crippen LogP contribution in [0, 0.1) is 5.92 Å². The summed E-state index contributed by atoms with van der Waals surface area (Å²) in [5.41, 5.74) is 4.58. The number of hydrogen-bond donors (Lipinski definition) is 8. The molecule has 0 saturated heterocycles. The SMILES string of the molecule is CCC(C)C(N)(O)CC.O=P(O)(O)O.O=P(O)(O)O. The molecule has 0 bridgehead atoms. The summed E-state index contributed by atoms with van der Waals surface area (Å²) in [6, 6.07) is 0. The first-order valence-corrected chi connectivity index (χ1v) is 8.25. The monoisotopic (exact) mass is 327 g/mol. The van der Waals surface area contributed by atoms with Crippen molar-refractivity contribution in [2.24, 2.45) is 11.7 Å². The molecule has 120 valence electrons. The predicted molar refractivity (Wildman–Crippen MR) is 67.4 cm³/mol. The maximum absolute atomic E-state index is 9.37. The average molecular weight is 327 g/mol. The van der Waals surface area contributed by atoms with Gasteiger partial charge in [-0.1, -0.05) is 20.8 Å². The van der Waals surface area contributed by atoms with Gasteiger partial charge in [-0.3, -0.25) is 0 Å². The number of phosphoric acid groups is 2. The zero-order chi connectivity index (χ0) is 16.5. The van der Waals surface area contributed by atoms with Crippen molar-refractivity contribution in [3.8, 4) is 0 Å². The molecular formula is C7H23NO9P2. The maximum Gasteiger partial charge on any atom is 0.466 e. The Hall–Kier alpha value is 0.140. The van der Waals surface area contributed by atoms with E-state index in [1.165, 1.54) is 0 Å². The summed E-state index contributed by atoms with van der Waals surface area (Å²) in [7, 11) is -9.28. The van der Waals surface area contributed by atoms with Crippen molar-refractivity contribution in [2.45, 2.75) is 39.3 Å². The third kappa shape index (κ3) is 38.1. The topological polar surface area (TPSA) is 202 Å². The third-order valence-electron chi connectivity index (χ3n) is 2.03. The van der Waals surface area contributed by atoms with E-state index in [1.807, 2.05) is 20.8 Å². The zero-order valence-corrected chi connectivity index (χ0v) is 12.7. The summed E-state index contributed by atoms with van der Waals surface area (Å²) in [5, 5.41) is 9.37. The molecule has 2 atom stereocenters. The van der Waals surface area contributed by atoms with E-state index in [0.717, 1.165) is 6.42 Å². The van der Waals surface area contributed by atoms with Crippen molar-refractivity contribution < 1.29 is 43.6 Å². The second-order valence-electron chi connectivity index (χ2n) is 3.68. The second-order valence-corrected chi connectivity index (χ2v) is 5.73. The number of aliphatic hydroxyl groups is 1. The Bertz CT molecular complexity index is 273. The third-order valence-corrected chi connectivity index (χ3v) is 2.03. The highest BCUT2D eigenvalue weighted by atomic mass is 31.2. The molecule has 0 spiro atoms. The summed E-state index contributed by atoms with van der Waals surface area (Å²) in [6.45, 7) is 5.88. The Morgan fingerprint density at radius 2 is 1.21 bits per heavy atom. The summed E-state index contributed by atoms with van der Waals surface area (Å²) in [5.74, 6) is 0.197. The van der Waals surface area contributed by atoms with E-state index in [-0.39, 0.29) is 5.92 Å². The van der Waals surface area contributed by atoms with Crippen LogP contribution in [0.1, 0.15) is 33.6 Å². The average Bonchev–Trinajstić information content (AvgIpc) is 2.11. The summed E-state index contributed by atoms with van der Waals surface area (Å²) in [6.07, 6.45) is 1.56. The van der Waals surface area contributed by atoms with Crippen LogP contribution in [0.3, 0.4) is 0 Å². The van der Waals surface area contributed by atoms with Crippen LogP contribution in [-0.4, -0.2) is 40.2 Å². The van der Waals surface area contributed by atoms with Crippen LogP contribution in [-0.2, 0) is 9.13 Å². The van der Waals surface area contributed by atoms with Gasteiger partial charge in [0.2, 0.25) is 0 Å². The molecule has 10 nitrogen and oxygen atoms in total. The van der Waals surface area contributed by atoms with Gasteiger partial charge in [0.15, 0.2) is 0 Å². The number of rotatable bonds is 3. The Balaban J connectivity index is -0.000000219. The molecule has 0 fully saturated rings. The lowest BCUT2D eigenvalue weighted by Gasteiger charge is -2.27. The summed E-state index contributed by atoms with van der Waals surface area (Å²) in [4.78, 5) is 43.1. The van der Waals surface area contributed by atoms with Crippen molar-refractivity contribution in [1.82, 2.24) is 0 Å². The lowest BCUT2D eigenvalue weighted by molar-refractivity contribution is -0.0109. The smallest absolute Gasteiger partial charge is 0.376 e. The molecule has 12 heteroatoms. The highest BCUT2D eigenvalue weighted by Crippen LogP contribution is 2.26. The van der Waals surface area contributed by atoms with Crippen molar-refractivity contribution in [2.75, 3.05) is 0 Å². The van der Waals surface area contributed by atoms with Crippen molar-refractivity contribution in [3.63, 3.8) is 0 Å². The first-order chi connectivity index (χ1) is 8.04. The highest BCUT2D eigenvalue weighted by Gasteiger charge is 2.24. The fourth-order valence-electron chi connectivity index (χ4n) is 0.702. The Labute approximate surface area is 111 Å². The summed E-state index contributed by atoms with van der Waals surface area (Å²) < 4.78 is 17.8.